The quantitative estimate of drug-likeness (QED) is 0.702. The van der Waals surface area contributed by atoms with Gasteiger partial charge >= 0.3 is 0 Å². The highest BCUT2D eigenvalue weighted by Gasteiger charge is 2.03. The molecule has 0 spiro atoms. The molecule has 0 amide bonds. The third-order valence-corrected chi connectivity index (χ3v) is 1.59. The third kappa shape index (κ3) is 4.00. The first-order chi connectivity index (χ1) is 6.33. The Hall–Kier alpha value is -0.940. The van der Waals surface area contributed by atoms with Crippen molar-refractivity contribution in [1.82, 2.24) is 15.5 Å². The van der Waals surface area contributed by atoms with E-state index < -0.39 is 0 Å². The lowest BCUT2D eigenvalue weighted by Gasteiger charge is -2.11. The maximum Gasteiger partial charge on any atom is 0.213 e. The van der Waals surface area contributed by atoms with Gasteiger partial charge in [-0.2, -0.15) is 4.98 Å². The van der Waals surface area contributed by atoms with Crippen LogP contribution in [0.5, 0.6) is 0 Å². The minimum absolute atomic E-state index is 0.304. The van der Waals surface area contributed by atoms with Crippen LogP contribution in [0.1, 0.15) is 19.7 Å². The van der Waals surface area contributed by atoms with Crippen LogP contribution in [0.4, 0.5) is 0 Å². The van der Waals surface area contributed by atoms with E-state index in [-0.39, 0.29) is 0 Å². The number of rotatable bonds is 6. The molecule has 1 rings (SSSR count). The number of ether oxygens (including phenoxy) is 1. The molecule has 1 N–H and O–H groups in total. The molecule has 1 aromatic heterocycles. The van der Waals surface area contributed by atoms with Crippen LogP contribution in [0.15, 0.2) is 10.9 Å². The highest BCUT2D eigenvalue weighted by atomic mass is 16.5. The maximum absolute atomic E-state index is 5.24. The molecular formula is C8H15N3O2. The SMILES string of the molecule is CCOCC(C)NCc1ncon1. The standard InChI is InChI=1S/C8H15N3O2/c1-3-12-5-7(2)9-4-8-10-6-13-11-8/h6-7,9H,3-5H2,1-2H3. The number of aromatic nitrogens is 2. The lowest BCUT2D eigenvalue weighted by Crippen LogP contribution is -2.30. The van der Waals surface area contributed by atoms with E-state index in [0.29, 0.717) is 25.0 Å². The van der Waals surface area contributed by atoms with Gasteiger partial charge in [0.15, 0.2) is 5.82 Å². The number of nitrogens with zero attached hydrogens (tertiary/aromatic N) is 2. The maximum atomic E-state index is 5.24. The molecule has 5 nitrogen and oxygen atoms in total. The Labute approximate surface area is 77.5 Å². The summed E-state index contributed by atoms with van der Waals surface area (Å²) in [5.41, 5.74) is 0. The van der Waals surface area contributed by atoms with Gasteiger partial charge in [-0.3, -0.25) is 0 Å². The summed E-state index contributed by atoms with van der Waals surface area (Å²) in [4.78, 5) is 3.89. The topological polar surface area (TPSA) is 60.2 Å². The van der Waals surface area contributed by atoms with Crippen LogP contribution >= 0.6 is 0 Å². The molecule has 0 saturated heterocycles. The lowest BCUT2D eigenvalue weighted by molar-refractivity contribution is 0.126. The van der Waals surface area contributed by atoms with Crippen molar-refractivity contribution in [2.24, 2.45) is 0 Å². The summed E-state index contributed by atoms with van der Waals surface area (Å²) in [6.07, 6.45) is 1.32. The molecule has 1 atom stereocenters. The molecule has 5 heteroatoms. The summed E-state index contributed by atoms with van der Waals surface area (Å²) in [7, 11) is 0. The van der Waals surface area contributed by atoms with Crippen LogP contribution in [0.25, 0.3) is 0 Å². The largest absolute Gasteiger partial charge is 0.380 e. The minimum Gasteiger partial charge on any atom is -0.380 e. The molecule has 1 unspecified atom stereocenters. The molecule has 74 valence electrons. The van der Waals surface area contributed by atoms with Crippen molar-refractivity contribution in [2.75, 3.05) is 13.2 Å². The second kappa shape index (κ2) is 5.66. The monoisotopic (exact) mass is 185 g/mol. The first-order valence-electron chi connectivity index (χ1n) is 4.39. The molecule has 0 radical (unpaired) electrons. The number of nitrogens with one attached hydrogen (secondary N) is 1. The summed E-state index contributed by atoms with van der Waals surface area (Å²) < 4.78 is 9.83. The van der Waals surface area contributed by atoms with Gasteiger partial charge in [0, 0.05) is 12.6 Å². The van der Waals surface area contributed by atoms with Crippen molar-refractivity contribution in [3.8, 4) is 0 Å². The first kappa shape index (κ1) is 10.1. The molecule has 0 bridgehead atoms. The minimum atomic E-state index is 0.304. The van der Waals surface area contributed by atoms with Gasteiger partial charge in [-0.15, -0.1) is 0 Å². The fourth-order valence-corrected chi connectivity index (χ4v) is 0.889. The summed E-state index contributed by atoms with van der Waals surface area (Å²) in [6.45, 7) is 6.09. The van der Waals surface area contributed by atoms with Crippen molar-refractivity contribution in [3.63, 3.8) is 0 Å². The van der Waals surface area contributed by atoms with E-state index in [1.165, 1.54) is 6.39 Å². The molecule has 0 saturated carbocycles. The van der Waals surface area contributed by atoms with Gasteiger partial charge in [0.25, 0.3) is 0 Å². The average Bonchev–Trinajstić information content (AvgIpc) is 2.64. The lowest BCUT2D eigenvalue weighted by atomic mass is 10.3. The zero-order chi connectivity index (χ0) is 9.52. The fourth-order valence-electron chi connectivity index (χ4n) is 0.889. The van der Waals surface area contributed by atoms with E-state index in [9.17, 15) is 0 Å². The molecule has 0 aliphatic carbocycles. The zero-order valence-electron chi connectivity index (χ0n) is 7.99. The molecule has 13 heavy (non-hydrogen) atoms. The predicted octanol–water partition coefficient (Wildman–Crippen LogP) is 0.584. The Balaban J connectivity index is 2.11. The smallest absolute Gasteiger partial charge is 0.213 e. The van der Waals surface area contributed by atoms with Gasteiger partial charge in [0.05, 0.1) is 13.2 Å². The fraction of sp³-hybridized carbons (Fsp3) is 0.750. The van der Waals surface area contributed by atoms with Gasteiger partial charge in [-0.05, 0) is 13.8 Å². The van der Waals surface area contributed by atoms with Crippen molar-refractivity contribution in [1.29, 1.82) is 0 Å². The van der Waals surface area contributed by atoms with Crippen molar-refractivity contribution >= 4 is 0 Å². The molecule has 0 aliphatic heterocycles. The van der Waals surface area contributed by atoms with E-state index >= 15 is 0 Å². The van der Waals surface area contributed by atoms with E-state index in [2.05, 4.69) is 26.9 Å². The van der Waals surface area contributed by atoms with Crippen LogP contribution in [0.2, 0.25) is 0 Å². The molecule has 0 aliphatic rings. The van der Waals surface area contributed by atoms with Crippen LogP contribution in [-0.2, 0) is 11.3 Å². The average molecular weight is 185 g/mol. The zero-order valence-corrected chi connectivity index (χ0v) is 7.99. The van der Waals surface area contributed by atoms with E-state index in [4.69, 9.17) is 4.74 Å². The van der Waals surface area contributed by atoms with Crippen LogP contribution < -0.4 is 5.32 Å². The summed E-state index contributed by atoms with van der Waals surface area (Å²) in [6, 6.07) is 0.304. The van der Waals surface area contributed by atoms with Gasteiger partial charge in [-0.25, -0.2) is 0 Å². The molecule has 1 heterocycles. The predicted molar refractivity (Wildman–Crippen MR) is 47.1 cm³/mol. The van der Waals surface area contributed by atoms with E-state index in [1.807, 2.05) is 6.92 Å². The second-order valence-electron chi connectivity index (χ2n) is 2.79. The van der Waals surface area contributed by atoms with Gasteiger partial charge in [0.1, 0.15) is 0 Å². The highest BCUT2D eigenvalue weighted by Crippen LogP contribution is 1.90. The van der Waals surface area contributed by atoms with Crippen LogP contribution in [-0.4, -0.2) is 29.4 Å². The Kier molecular flexibility index (Phi) is 4.42. The highest BCUT2D eigenvalue weighted by molar-refractivity contribution is 4.77. The summed E-state index contributed by atoms with van der Waals surface area (Å²) in [5.74, 6) is 0.670. The molecule has 0 aromatic carbocycles. The van der Waals surface area contributed by atoms with Crippen molar-refractivity contribution < 1.29 is 9.26 Å². The summed E-state index contributed by atoms with van der Waals surface area (Å²) in [5, 5.41) is 6.89. The normalized spacial score (nSPS) is 13.1. The van der Waals surface area contributed by atoms with Crippen molar-refractivity contribution in [3.05, 3.63) is 12.2 Å². The summed E-state index contributed by atoms with van der Waals surface area (Å²) >= 11 is 0. The number of hydrogen-bond acceptors (Lipinski definition) is 5. The van der Waals surface area contributed by atoms with E-state index in [1.54, 1.807) is 0 Å². The Morgan fingerprint density at radius 2 is 2.54 bits per heavy atom. The van der Waals surface area contributed by atoms with Crippen LogP contribution in [0.3, 0.4) is 0 Å². The first-order valence-corrected chi connectivity index (χ1v) is 4.39. The molecule has 0 fully saturated rings. The Bertz CT molecular complexity index is 213. The van der Waals surface area contributed by atoms with Crippen LogP contribution in [0, 0.1) is 0 Å². The van der Waals surface area contributed by atoms with Crippen molar-refractivity contribution in [2.45, 2.75) is 26.4 Å². The van der Waals surface area contributed by atoms with Gasteiger partial charge in [0.2, 0.25) is 6.39 Å². The van der Waals surface area contributed by atoms with Gasteiger partial charge in [-0.1, -0.05) is 5.16 Å². The Morgan fingerprint density at radius 3 is 3.15 bits per heavy atom. The molecular weight excluding hydrogens is 170 g/mol. The van der Waals surface area contributed by atoms with Gasteiger partial charge < -0.3 is 14.6 Å². The molecule has 1 aromatic rings. The Morgan fingerprint density at radius 1 is 1.69 bits per heavy atom. The van der Waals surface area contributed by atoms with E-state index in [0.717, 1.165) is 6.61 Å². The number of hydrogen-bond donors (Lipinski definition) is 1. The third-order valence-electron chi connectivity index (χ3n) is 1.59. The second-order valence-corrected chi connectivity index (χ2v) is 2.79.